The molecule has 37 heavy (non-hydrogen) atoms. The molecule has 0 aliphatic carbocycles. The van der Waals surface area contributed by atoms with E-state index in [0.29, 0.717) is 11.0 Å². The number of nitrogens with zero attached hydrogens (tertiary/aromatic N) is 3. The standard InChI is InChI=1S/C24H23ClN4O7S/c1-27-21(26)20(22(31)28(2)24(27)33)19(30)13-36-23(32)17-11-16(7-8-18(17)25)37(34,35)29-10-9-14-5-3-4-6-15(14)12-29/h3-8,11H,9-10,12-13,26H2,1-2H3. The van der Waals surface area contributed by atoms with Crippen molar-refractivity contribution in [3.8, 4) is 0 Å². The Morgan fingerprint density at radius 2 is 1.73 bits per heavy atom. The molecular weight excluding hydrogens is 524 g/mol. The summed E-state index contributed by atoms with van der Waals surface area (Å²) in [4.78, 5) is 49.5. The number of halogens is 1. The fourth-order valence-electron chi connectivity index (χ4n) is 4.05. The van der Waals surface area contributed by atoms with Crippen LogP contribution in [0.4, 0.5) is 5.82 Å². The molecule has 0 radical (unpaired) electrons. The van der Waals surface area contributed by atoms with Gasteiger partial charge in [-0.25, -0.2) is 18.0 Å². The number of ether oxygens (including phenoxy) is 1. The maximum absolute atomic E-state index is 13.3. The Bertz CT molecular complexity index is 1660. The number of hydrogen-bond donors (Lipinski definition) is 1. The topological polar surface area (TPSA) is 151 Å². The second-order valence-electron chi connectivity index (χ2n) is 8.46. The first-order valence-corrected chi connectivity index (χ1v) is 12.9. The monoisotopic (exact) mass is 546 g/mol. The minimum absolute atomic E-state index is 0.0853. The van der Waals surface area contributed by atoms with Crippen LogP contribution in [0.15, 0.2) is 56.9 Å². The van der Waals surface area contributed by atoms with E-state index in [1.54, 1.807) is 0 Å². The average molecular weight is 547 g/mol. The molecule has 11 nitrogen and oxygen atoms in total. The number of aromatic nitrogens is 2. The number of fused-ring (bicyclic) bond motifs is 1. The largest absolute Gasteiger partial charge is 0.454 e. The fourth-order valence-corrected chi connectivity index (χ4v) is 5.69. The van der Waals surface area contributed by atoms with Gasteiger partial charge < -0.3 is 10.5 Å². The molecule has 0 fully saturated rings. The fraction of sp³-hybridized carbons (Fsp3) is 0.250. The van der Waals surface area contributed by atoms with Crippen LogP contribution in [0.3, 0.4) is 0 Å². The molecular formula is C24H23ClN4O7S. The smallest absolute Gasteiger partial charge is 0.340 e. The van der Waals surface area contributed by atoms with Gasteiger partial charge in [0.25, 0.3) is 5.56 Å². The number of sulfonamides is 1. The van der Waals surface area contributed by atoms with E-state index < -0.39 is 45.2 Å². The number of nitrogen functional groups attached to an aromatic ring is 1. The highest BCUT2D eigenvalue weighted by Gasteiger charge is 2.30. The first-order chi connectivity index (χ1) is 17.4. The second kappa shape index (κ2) is 9.96. The van der Waals surface area contributed by atoms with Gasteiger partial charge in [0.2, 0.25) is 15.8 Å². The highest BCUT2D eigenvalue weighted by molar-refractivity contribution is 7.89. The lowest BCUT2D eigenvalue weighted by atomic mass is 10.0. The number of anilines is 1. The molecule has 2 aromatic carbocycles. The average Bonchev–Trinajstić information content (AvgIpc) is 2.89. The molecule has 0 bridgehead atoms. The van der Waals surface area contributed by atoms with Crippen molar-refractivity contribution < 1.29 is 22.7 Å². The van der Waals surface area contributed by atoms with E-state index >= 15 is 0 Å². The summed E-state index contributed by atoms with van der Waals surface area (Å²) >= 11 is 6.13. The Morgan fingerprint density at radius 3 is 2.43 bits per heavy atom. The number of nitrogens with two attached hydrogens (primary N) is 1. The molecule has 0 saturated carbocycles. The van der Waals surface area contributed by atoms with Gasteiger partial charge in [-0.3, -0.25) is 18.7 Å². The van der Waals surface area contributed by atoms with E-state index in [2.05, 4.69) is 0 Å². The van der Waals surface area contributed by atoms with Crippen molar-refractivity contribution in [3.63, 3.8) is 0 Å². The molecule has 1 aliphatic rings. The van der Waals surface area contributed by atoms with E-state index in [1.807, 2.05) is 24.3 Å². The number of esters is 1. The first-order valence-electron chi connectivity index (χ1n) is 11.1. The molecule has 4 rings (SSSR count). The maximum atomic E-state index is 13.3. The lowest BCUT2D eigenvalue weighted by molar-refractivity contribution is 0.0474. The summed E-state index contributed by atoms with van der Waals surface area (Å²) in [6.07, 6.45) is 0.549. The van der Waals surface area contributed by atoms with Gasteiger partial charge in [-0.05, 0) is 35.7 Å². The van der Waals surface area contributed by atoms with E-state index in [-0.39, 0.29) is 34.4 Å². The van der Waals surface area contributed by atoms with Crippen molar-refractivity contribution >= 4 is 39.2 Å². The van der Waals surface area contributed by atoms with Gasteiger partial charge in [-0.2, -0.15) is 4.31 Å². The van der Waals surface area contributed by atoms with E-state index in [1.165, 1.54) is 30.5 Å². The van der Waals surface area contributed by atoms with Gasteiger partial charge in [0.1, 0.15) is 11.4 Å². The van der Waals surface area contributed by atoms with Crippen LogP contribution in [0.25, 0.3) is 0 Å². The van der Waals surface area contributed by atoms with Crippen molar-refractivity contribution in [2.45, 2.75) is 17.9 Å². The molecule has 0 amide bonds. The second-order valence-corrected chi connectivity index (χ2v) is 10.8. The summed E-state index contributed by atoms with van der Waals surface area (Å²) in [6, 6.07) is 11.2. The summed E-state index contributed by atoms with van der Waals surface area (Å²) in [5.74, 6) is -2.38. The Balaban J connectivity index is 1.55. The van der Waals surface area contributed by atoms with E-state index in [0.717, 1.165) is 21.8 Å². The summed E-state index contributed by atoms with van der Waals surface area (Å²) in [6.45, 7) is -0.426. The van der Waals surface area contributed by atoms with Gasteiger partial charge in [0.05, 0.1) is 15.5 Å². The maximum Gasteiger partial charge on any atom is 0.340 e. The molecule has 1 aliphatic heterocycles. The zero-order valence-electron chi connectivity index (χ0n) is 19.9. The number of carbonyl (C=O) groups excluding carboxylic acids is 2. The Morgan fingerprint density at radius 1 is 1.05 bits per heavy atom. The van der Waals surface area contributed by atoms with Crippen molar-refractivity contribution in [2.75, 3.05) is 18.9 Å². The Kier molecular flexibility index (Phi) is 7.09. The first kappa shape index (κ1) is 26.3. The van der Waals surface area contributed by atoms with Crippen molar-refractivity contribution in [3.05, 3.63) is 90.6 Å². The molecule has 0 atom stereocenters. The lowest BCUT2D eigenvalue weighted by Crippen LogP contribution is -2.42. The van der Waals surface area contributed by atoms with Gasteiger partial charge >= 0.3 is 11.7 Å². The third kappa shape index (κ3) is 4.82. The van der Waals surface area contributed by atoms with Crippen LogP contribution in [0.2, 0.25) is 5.02 Å². The number of rotatable bonds is 6. The van der Waals surface area contributed by atoms with Gasteiger partial charge in [-0.1, -0.05) is 35.9 Å². The van der Waals surface area contributed by atoms with Crippen LogP contribution in [-0.4, -0.2) is 46.8 Å². The van der Waals surface area contributed by atoms with Crippen molar-refractivity contribution in [1.82, 2.24) is 13.4 Å². The molecule has 194 valence electrons. The lowest BCUT2D eigenvalue weighted by Gasteiger charge is -2.28. The summed E-state index contributed by atoms with van der Waals surface area (Å²) in [5.41, 5.74) is 5.30. The van der Waals surface area contributed by atoms with Gasteiger partial charge in [-0.15, -0.1) is 0 Å². The number of Topliss-reactive ketones (excluding diaryl/α,β-unsaturated/α-hetero) is 1. The van der Waals surface area contributed by atoms with Gasteiger partial charge in [0, 0.05) is 27.2 Å². The molecule has 0 spiro atoms. The van der Waals surface area contributed by atoms with Crippen LogP contribution in [0, 0.1) is 0 Å². The summed E-state index contributed by atoms with van der Waals surface area (Å²) < 4.78 is 34.6. The highest BCUT2D eigenvalue weighted by atomic mass is 35.5. The summed E-state index contributed by atoms with van der Waals surface area (Å²) in [5, 5.41) is -0.0853. The predicted molar refractivity (Wildman–Crippen MR) is 135 cm³/mol. The molecule has 0 saturated heterocycles. The van der Waals surface area contributed by atoms with Crippen LogP contribution < -0.4 is 17.0 Å². The molecule has 13 heteroatoms. The van der Waals surface area contributed by atoms with Gasteiger partial charge in [0.15, 0.2) is 6.61 Å². The quantitative estimate of drug-likeness (QED) is 0.356. The molecule has 1 aromatic heterocycles. The third-order valence-electron chi connectivity index (χ3n) is 6.21. The number of ketones is 1. The minimum Gasteiger partial charge on any atom is -0.454 e. The van der Waals surface area contributed by atoms with E-state index in [4.69, 9.17) is 22.1 Å². The van der Waals surface area contributed by atoms with E-state index in [9.17, 15) is 27.6 Å². The molecule has 3 aromatic rings. The highest BCUT2D eigenvalue weighted by Crippen LogP contribution is 2.28. The Labute approximate surface area is 216 Å². The third-order valence-corrected chi connectivity index (χ3v) is 8.38. The minimum atomic E-state index is -3.97. The van der Waals surface area contributed by atoms with Crippen LogP contribution >= 0.6 is 11.6 Å². The van der Waals surface area contributed by atoms with Crippen LogP contribution in [-0.2, 0) is 41.8 Å². The zero-order valence-corrected chi connectivity index (χ0v) is 21.5. The molecule has 2 heterocycles. The number of benzene rings is 2. The molecule has 0 unspecified atom stereocenters. The normalized spacial score (nSPS) is 13.7. The Hall–Kier alpha value is -3.74. The van der Waals surface area contributed by atoms with Crippen LogP contribution in [0.5, 0.6) is 0 Å². The summed E-state index contributed by atoms with van der Waals surface area (Å²) in [7, 11) is -1.51. The van der Waals surface area contributed by atoms with Crippen molar-refractivity contribution in [2.24, 2.45) is 14.1 Å². The van der Waals surface area contributed by atoms with Crippen LogP contribution in [0.1, 0.15) is 31.8 Å². The number of hydrogen-bond acceptors (Lipinski definition) is 8. The SMILES string of the molecule is Cn1c(N)c(C(=O)COC(=O)c2cc(S(=O)(=O)N3CCc4ccccc4C3)ccc2Cl)c(=O)n(C)c1=O. The predicted octanol–water partition coefficient (Wildman–Crippen LogP) is 1.11. The zero-order chi connectivity index (χ0) is 27.1. The molecule has 2 N–H and O–H groups in total. The number of carbonyl (C=O) groups is 2. The van der Waals surface area contributed by atoms with Crippen molar-refractivity contribution in [1.29, 1.82) is 0 Å².